The van der Waals surface area contributed by atoms with Crippen LogP contribution in [-0.2, 0) is 5.41 Å². The summed E-state index contributed by atoms with van der Waals surface area (Å²) in [5.74, 6) is -0.0706. The lowest BCUT2D eigenvalue weighted by molar-refractivity contribution is 0.0948. The minimum atomic E-state index is -0.407. The minimum absolute atomic E-state index is 0.0706. The lowest BCUT2D eigenvalue weighted by Crippen LogP contribution is -2.55. The molecule has 3 aromatic carbocycles. The molecule has 0 radical (unpaired) electrons. The lowest BCUT2D eigenvalue weighted by Gasteiger charge is -2.51. The van der Waals surface area contributed by atoms with Crippen molar-refractivity contribution in [2.24, 2.45) is 0 Å². The maximum absolute atomic E-state index is 13.7. The lowest BCUT2D eigenvalue weighted by atomic mass is 9.65. The molecule has 154 valence electrons. The largest absolute Gasteiger partial charge is 0.302 e. The number of carbonyl (C=O) groups is 1. The van der Waals surface area contributed by atoms with Crippen molar-refractivity contribution >= 4 is 34.8 Å². The fourth-order valence-electron chi connectivity index (χ4n) is 4.86. The van der Waals surface area contributed by atoms with Gasteiger partial charge in [0.15, 0.2) is 0 Å². The van der Waals surface area contributed by atoms with Gasteiger partial charge in [0, 0.05) is 22.2 Å². The third-order valence-corrected chi connectivity index (χ3v) is 6.90. The summed E-state index contributed by atoms with van der Waals surface area (Å²) in [4.78, 5) is 15.6. The van der Waals surface area contributed by atoms with Gasteiger partial charge in [-0.2, -0.15) is 0 Å². The number of hydrogen-bond acceptors (Lipinski definition) is 1. The molecular formula is C26H25Cl2NO. The Morgan fingerprint density at radius 1 is 0.900 bits per heavy atom. The molecule has 3 aromatic rings. The van der Waals surface area contributed by atoms with Gasteiger partial charge in [-0.15, -0.1) is 0 Å². The first kappa shape index (κ1) is 21.0. The number of carbonyl (C=O) groups excluding carboxylic acids is 1. The minimum Gasteiger partial charge on any atom is -0.302 e. The van der Waals surface area contributed by atoms with Gasteiger partial charge in [-0.25, -0.2) is 0 Å². The number of nitrogens with zero attached hydrogens (tertiary/aromatic N) is 1. The van der Waals surface area contributed by atoms with Crippen LogP contribution in [0.2, 0.25) is 10.0 Å². The second kappa shape index (κ2) is 7.44. The Bertz CT molecular complexity index is 1120. The molecule has 4 heteroatoms. The molecule has 0 aromatic heterocycles. The van der Waals surface area contributed by atoms with Gasteiger partial charge in [0.05, 0.1) is 10.0 Å². The van der Waals surface area contributed by atoms with Crippen LogP contribution in [0.25, 0.3) is 0 Å². The smallest absolute Gasteiger partial charge is 0.258 e. The summed E-state index contributed by atoms with van der Waals surface area (Å²) in [5, 5.41) is 0.828. The Labute approximate surface area is 188 Å². The van der Waals surface area contributed by atoms with Crippen molar-refractivity contribution in [3.8, 4) is 0 Å². The summed E-state index contributed by atoms with van der Waals surface area (Å²) in [6.07, 6.45) is 0.799. The third-order valence-electron chi connectivity index (χ3n) is 6.16. The van der Waals surface area contributed by atoms with Gasteiger partial charge in [-0.3, -0.25) is 4.79 Å². The van der Waals surface area contributed by atoms with E-state index in [9.17, 15) is 4.79 Å². The van der Waals surface area contributed by atoms with E-state index >= 15 is 0 Å². The standard InChI is InChI=1S/C26H25Cl2NO/c1-17-10-13-23-20(14-17)26(4,19-8-6-5-7-9-19)16-25(2,3)29(23)24(30)18-11-12-21(27)22(28)15-18/h5-15H,16H2,1-4H3. The first-order valence-electron chi connectivity index (χ1n) is 10.1. The summed E-state index contributed by atoms with van der Waals surface area (Å²) >= 11 is 12.3. The Hall–Kier alpha value is -2.29. The van der Waals surface area contributed by atoms with Gasteiger partial charge in [-0.1, -0.05) is 78.2 Å². The van der Waals surface area contributed by atoms with Crippen LogP contribution in [0.4, 0.5) is 5.69 Å². The molecule has 0 aliphatic carbocycles. The van der Waals surface area contributed by atoms with E-state index in [1.165, 1.54) is 16.7 Å². The molecule has 4 rings (SSSR count). The maximum atomic E-state index is 13.7. The molecule has 0 N–H and O–H groups in total. The second-order valence-electron chi connectivity index (χ2n) is 8.98. The van der Waals surface area contributed by atoms with E-state index in [0.29, 0.717) is 15.6 Å². The normalized spacial score (nSPS) is 20.0. The second-order valence-corrected chi connectivity index (χ2v) is 9.79. The van der Waals surface area contributed by atoms with E-state index in [1.807, 2.05) is 11.0 Å². The summed E-state index contributed by atoms with van der Waals surface area (Å²) < 4.78 is 0. The number of anilines is 1. The zero-order valence-electron chi connectivity index (χ0n) is 17.7. The molecule has 1 atom stereocenters. The molecule has 0 saturated heterocycles. The van der Waals surface area contributed by atoms with Crippen molar-refractivity contribution < 1.29 is 4.79 Å². The highest BCUT2D eigenvalue weighted by molar-refractivity contribution is 6.42. The molecule has 0 saturated carbocycles. The Morgan fingerprint density at radius 2 is 1.60 bits per heavy atom. The molecule has 1 heterocycles. The average Bonchev–Trinajstić information content (AvgIpc) is 2.70. The van der Waals surface area contributed by atoms with E-state index in [4.69, 9.17) is 23.2 Å². The van der Waals surface area contributed by atoms with Crippen LogP contribution in [-0.4, -0.2) is 11.4 Å². The molecule has 0 fully saturated rings. The fraction of sp³-hybridized carbons (Fsp3) is 0.269. The van der Waals surface area contributed by atoms with Crippen molar-refractivity contribution in [2.45, 2.75) is 45.1 Å². The highest BCUT2D eigenvalue weighted by Crippen LogP contribution is 2.51. The topological polar surface area (TPSA) is 20.3 Å². The SMILES string of the molecule is Cc1ccc2c(c1)C(C)(c1ccccc1)CC(C)(C)N2C(=O)c1ccc(Cl)c(Cl)c1. The van der Waals surface area contributed by atoms with Crippen molar-refractivity contribution in [1.29, 1.82) is 0 Å². The monoisotopic (exact) mass is 437 g/mol. The molecule has 1 unspecified atom stereocenters. The van der Waals surface area contributed by atoms with Gasteiger partial charge in [-0.05, 0) is 62.6 Å². The number of aryl methyl sites for hydroxylation is 1. The van der Waals surface area contributed by atoms with Crippen LogP contribution in [0.5, 0.6) is 0 Å². The summed E-state index contributed by atoms with van der Waals surface area (Å²) in [5.41, 5.74) is 4.47. The number of amides is 1. The van der Waals surface area contributed by atoms with Crippen molar-refractivity contribution in [3.05, 3.63) is 99.0 Å². The number of rotatable bonds is 2. The van der Waals surface area contributed by atoms with E-state index in [1.54, 1.807) is 18.2 Å². The third kappa shape index (κ3) is 3.42. The zero-order valence-corrected chi connectivity index (χ0v) is 19.2. The van der Waals surface area contributed by atoms with Gasteiger partial charge >= 0.3 is 0 Å². The molecule has 1 aliphatic rings. The van der Waals surface area contributed by atoms with E-state index in [2.05, 4.69) is 70.2 Å². The summed E-state index contributed by atoms with van der Waals surface area (Å²) in [6.45, 7) is 8.64. The fourth-order valence-corrected chi connectivity index (χ4v) is 5.16. The number of halogens is 2. The van der Waals surface area contributed by atoms with Crippen LogP contribution in [0, 0.1) is 6.92 Å². The molecule has 30 heavy (non-hydrogen) atoms. The van der Waals surface area contributed by atoms with Crippen LogP contribution < -0.4 is 4.90 Å². The van der Waals surface area contributed by atoms with Gasteiger partial charge in [0.2, 0.25) is 0 Å². The van der Waals surface area contributed by atoms with Crippen LogP contribution in [0.3, 0.4) is 0 Å². The number of hydrogen-bond donors (Lipinski definition) is 0. The maximum Gasteiger partial charge on any atom is 0.258 e. The number of fused-ring (bicyclic) bond motifs is 1. The zero-order chi connectivity index (χ0) is 21.7. The quantitative estimate of drug-likeness (QED) is 0.407. The first-order chi connectivity index (χ1) is 14.1. The van der Waals surface area contributed by atoms with Gasteiger partial charge in [0.25, 0.3) is 5.91 Å². The molecule has 2 nitrogen and oxygen atoms in total. The molecule has 0 bridgehead atoms. The van der Waals surface area contributed by atoms with E-state index in [-0.39, 0.29) is 11.3 Å². The highest BCUT2D eigenvalue weighted by atomic mass is 35.5. The van der Waals surface area contributed by atoms with E-state index < -0.39 is 5.54 Å². The van der Waals surface area contributed by atoms with Crippen molar-refractivity contribution in [1.82, 2.24) is 0 Å². The van der Waals surface area contributed by atoms with Crippen LogP contribution in [0.1, 0.15) is 54.2 Å². The summed E-state index contributed by atoms with van der Waals surface area (Å²) in [7, 11) is 0. The Morgan fingerprint density at radius 3 is 2.27 bits per heavy atom. The Balaban J connectivity index is 1.91. The molecular weight excluding hydrogens is 413 g/mol. The van der Waals surface area contributed by atoms with Crippen molar-refractivity contribution in [3.63, 3.8) is 0 Å². The number of benzene rings is 3. The summed E-state index contributed by atoms with van der Waals surface area (Å²) in [6, 6.07) is 22.0. The van der Waals surface area contributed by atoms with Gasteiger partial charge in [0.1, 0.15) is 0 Å². The molecule has 1 amide bonds. The first-order valence-corrected chi connectivity index (χ1v) is 10.9. The van der Waals surface area contributed by atoms with Gasteiger partial charge < -0.3 is 4.90 Å². The molecule has 0 spiro atoms. The predicted molar refractivity (Wildman–Crippen MR) is 126 cm³/mol. The van der Waals surface area contributed by atoms with Crippen LogP contribution in [0.15, 0.2) is 66.7 Å². The average molecular weight is 438 g/mol. The molecule has 1 aliphatic heterocycles. The predicted octanol–water partition coefficient (Wildman–Crippen LogP) is 7.44. The highest BCUT2D eigenvalue weighted by Gasteiger charge is 2.47. The van der Waals surface area contributed by atoms with Crippen LogP contribution >= 0.6 is 23.2 Å². The van der Waals surface area contributed by atoms with Crippen molar-refractivity contribution in [2.75, 3.05) is 4.90 Å². The Kier molecular flexibility index (Phi) is 5.20. The van der Waals surface area contributed by atoms with E-state index in [0.717, 1.165) is 12.1 Å².